The summed E-state index contributed by atoms with van der Waals surface area (Å²) in [4.78, 5) is 0. The summed E-state index contributed by atoms with van der Waals surface area (Å²) < 4.78 is 0. The van der Waals surface area contributed by atoms with Crippen LogP contribution >= 0.6 is 0 Å². The first-order valence-corrected chi connectivity index (χ1v) is 13.1. The van der Waals surface area contributed by atoms with Crippen molar-refractivity contribution < 1.29 is 10.2 Å². The third-order valence-electron chi connectivity index (χ3n) is 11.8. The van der Waals surface area contributed by atoms with Gasteiger partial charge in [0, 0.05) is 0 Å². The second-order valence-electron chi connectivity index (χ2n) is 12.9. The van der Waals surface area contributed by atoms with Crippen LogP contribution in [0.5, 0.6) is 0 Å². The molecule has 29 heavy (non-hydrogen) atoms. The molecule has 0 saturated heterocycles. The Morgan fingerprint density at radius 2 is 1.59 bits per heavy atom. The first-order valence-electron chi connectivity index (χ1n) is 13.1. The lowest BCUT2D eigenvalue weighted by Crippen LogP contribution is -2.56. The second-order valence-corrected chi connectivity index (χ2v) is 12.9. The van der Waals surface area contributed by atoms with Crippen molar-refractivity contribution in [2.45, 2.75) is 116 Å². The van der Waals surface area contributed by atoms with Gasteiger partial charge in [0.15, 0.2) is 0 Å². The zero-order chi connectivity index (χ0) is 20.6. The van der Waals surface area contributed by atoms with Crippen molar-refractivity contribution in [3.05, 3.63) is 0 Å². The molecule has 5 aliphatic carbocycles. The van der Waals surface area contributed by atoms with Crippen LogP contribution in [-0.2, 0) is 0 Å². The molecule has 10 atom stereocenters. The minimum absolute atomic E-state index is 0.0494. The summed E-state index contributed by atoms with van der Waals surface area (Å²) in [6.45, 7) is 9.78. The Kier molecular flexibility index (Phi) is 4.99. The van der Waals surface area contributed by atoms with E-state index in [1.165, 1.54) is 57.8 Å². The lowest BCUT2D eigenvalue weighted by molar-refractivity contribution is -0.154. The Bertz CT molecular complexity index is 628. The fourth-order valence-corrected chi connectivity index (χ4v) is 9.65. The highest BCUT2D eigenvalue weighted by Crippen LogP contribution is 2.69. The molecular weight excluding hydrogens is 356 g/mol. The molecular formula is C27H46O2. The van der Waals surface area contributed by atoms with E-state index in [9.17, 15) is 10.2 Å². The predicted octanol–water partition coefficient (Wildman–Crippen LogP) is 6.19. The Morgan fingerprint density at radius 3 is 2.28 bits per heavy atom. The summed E-state index contributed by atoms with van der Waals surface area (Å²) in [6.07, 6.45) is 15.0. The first kappa shape index (κ1) is 20.8. The highest BCUT2D eigenvalue weighted by Gasteiger charge is 2.62. The van der Waals surface area contributed by atoms with Gasteiger partial charge in [-0.25, -0.2) is 0 Å². The van der Waals surface area contributed by atoms with Gasteiger partial charge in [0.25, 0.3) is 0 Å². The fraction of sp³-hybridized carbons (Fsp3) is 1.00. The number of fused-ring (bicyclic) bond motifs is 5. The smallest absolute Gasteiger partial charge is 0.0648 e. The average Bonchev–Trinajstić information content (AvgIpc) is 3.49. The number of aliphatic hydroxyl groups is 2. The third-order valence-corrected chi connectivity index (χ3v) is 11.8. The Morgan fingerprint density at radius 1 is 0.862 bits per heavy atom. The second kappa shape index (κ2) is 6.96. The van der Waals surface area contributed by atoms with Gasteiger partial charge in [0.2, 0.25) is 0 Å². The van der Waals surface area contributed by atoms with Gasteiger partial charge in [-0.3, -0.25) is 0 Å². The molecule has 0 aromatic heterocycles. The molecule has 0 spiro atoms. The van der Waals surface area contributed by atoms with Gasteiger partial charge in [-0.05, 0) is 129 Å². The van der Waals surface area contributed by atoms with Crippen molar-refractivity contribution in [3.63, 3.8) is 0 Å². The van der Waals surface area contributed by atoms with Crippen molar-refractivity contribution in [1.82, 2.24) is 0 Å². The highest BCUT2D eigenvalue weighted by atomic mass is 16.3. The molecule has 5 aliphatic rings. The minimum Gasteiger partial charge on any atom is -0.393 e. The number of hydrogen-bond acceptors (Lipinski definition) is 2. The maximum absolute atomic E-state index is 11.0. The minimum atomic E-state index is -0.382. The number of hydrogen-bond donors (Lipinski definition) is 2. The van der Waals surface area contributed by atoms with Gasteiger partial charge < -0.3 is 10.2 Å². The quantitative estimate of drug-likeness (QED) is 0.588. The zero-order valence-electron chi connectivity index (χ0n) is 19.5. The van der Waals surface area contributed by atoms with E-state index in [4.69, 9.17) is 0 Å². The molecule has 0 unspecified atom stereocenters. The van der Waals surface area contributed by atoms with Crippen LogP contribution in [0.15, 0.2) is 0 Å². The van der Waals surface area contributed by atoms with Crippen LogP contribution in [0, 0.1) is 52.3 Å². The highest BCUT2D eigenvalue weighted by molar-refractivity contribution is 5.11. The molecule has 0 bridgehead atoms. The molecule has 5 rings (SSSR count). The topological polar surface area (TPSA) is 40.5 Å². The number of aliphatic hydroxyl groups excluding tert-OH is 1. The van der Waals surface area contributed by atoms with Gasteiger partial charge in [0.05, 0.1) is 11.7 Å². The lowest BCUT2D eigenvalue weighted by Gasteiger charge is -2.62. The molecule has 0 amide bonds. The molecule has 0 aromatic carbocycles. The van der Waals surface area contributed by atoms with Crippen molar-refractivity contribution in [1.29, 1.82) is 0 Å². The molecule has 2 heteroatoms. The van der Waals surface area contributed by atoms with Crippen molar-refractivity contribution >= 4 is 0 Å². The van der Waals surface area contributed by atoms with E-state index in [1.54, 1.807) is 0 Å². The maximum Gasteiger partial charge on any atom is 0.0648 e. The molecule has 0 heterocycles. The van der Waals surface area contributed by atoms with Gasteiger partial charge in [-0.15, -0.1) is 0 Å². The van der Waals surface area contributed by atoms with E-state index >= 15 is 0 Å². The average molecular weight is 403 g/mol. The molecule has 0 aromatic rings. The molecule has 5 saturated carbocycles. The van der Waals surface area contributed by atoms with E-state index in [0.29, 0.717) is 22.7 Å². The van der Waals surface area contributed by atoms with Crippen LogP contribution in [-0.4, -0.2) is 21.9 Å². The fourth-order valence-electron chi connectivity index (χ4n) is 9.65. The SMILES string of the molecule is CC[C@@]1(O)CC[C@@]2(C)[C@H](CC[C@@H]3[C@@H]2CC[C@]2(C)[C@@H]([C@H](C)[C@@H](O)C4CC4)CC[C@@H]32)C1. The monoisotopic (exact) mass is 402 g/mol. The van der Waals surface area contributed by atoms with Crippen molar-refractivity contribution in [2.75, 3.05) is 0 Å². The summed E-state index contributed by atoms with van der Waals surface area (Å²) in [6, 6.07) is 0. The summed E-state index contributed by atoms with van der Waals surface area (Å²) in [5.74, 6) is 5.21. The van der Waals surface area contributed by atoms with E-state index < -0.39 is 0 Å². The van der Waals surface area contributed by atoms with Crippen molar-refractivity contribution in [2.24, 2.45) is 52.3 Å². The van der Waals surface area contributed by atoms with Crippen LogP contribution in [0.4, 0.5) is 0 Å². The molecule has 2 N–H and O–H groups in total. The van der Waals surface area contributed by atoms with Crippen LogP contribution in [0.1, 0.15) is 105 Å². The maximum atomic E-state index is 11.0. The van der Waals surface area contributed by atoms with E-state index in [0.717, 1.165) is 48.9 Å². The van der Waals surface area contributed by atoms with Crippen LogP contribution in [0.3, 0.4) is 0 Å². The normalized spacial score (nSPS) is 54.2. The summed E-state index contributed by atoms with van der Waals surface area (Å²) in [7, 11) is 0. The molecule has 0 aliphatic heterocycles. The third kappa shape index (κ3) is 3.09. The Hall–Kier alpha value is -0.0800. The van der Waals surface area contributed by atoms with E-state index in [2.05, 4.69) is 27.7 Å². The van der Waals surface area contributed by atoms with Gasteiger partial charge >= 0.3 is 0 Å². The van der Waals surface area contributed by atoms with Gasteiger partial charge in [-0.1, -0.05) is 27.7 Å². The van der Waals surface area contributed by atoms with Gasteiger partial charge in [-0.2, -0.15) is 0 Å². The molecule has 0 radical (unpaired) electrons. The van der Waals surface area contributed by atoms with Gasteiger partial charge in [0.1, 0.15) is 0 Å². The number of rotatable bonds is 4. The summed E-state index contributed by atoms with van der Waals surface area (Å²) in [5.41, 5.74) is 0.536. The largest absolute Gasteiger partial charge is 0.393 e. The summed E-state index contributed by atoms with van der Waals surface area (Å²) >= 11 is 0. The molecule has 166 valence electrons. The van der Waals surface area contributed by atoms with Crippen LogP contribution in [0.2, 0.25) is 0 Å². The van der Waals surface area contributed by atoms with Crippen LogP contribution < -0.4 is 0 Å². The lowest BCUT2D eigenvalue weighted by atomic mass is 9.43. The summed E-state index contributed by atoms with van der Waals surface area (Å²) in [5, 5.41) is 21.9. The first-order chi connectivity index (χ1) is 13.7. The predicted molar refractivity (Wildman–Crippen MR) is 118 cm³/mol. The Balaban J connectivity index is 1.35. The molecule has 2 nitrogen and oxygen atoms in total. The van der Waals surface area contributed by atoms with E-state index in [-0.39, 0.29) is 11.7 Å². The van der Waals surface area contributed by atoms with Crippen LogP contribution in [0.25, 0.3) is 0 Å². The van der Waals surface area contributed by atoms with E-state index in [1.807, 2.05) is 0 Å². The standard InChI is InChI=1S/C27H46O2/c1-5-27(29)15-14-25(3)19(16-27)8-9-20-22-11-10-21(17(2)24(28)18-6-7-18)26(22,4)13-12-23(20)25/h17-24,28-29H,5-16H2,1-4H3/t17-,19+,20-,21+,22-,23-,24+,25-,26+,27+/m0/s1. The van der Waals surface area contributed by atoms with Crippen molar-refractivity contribution in [3.8, 4) is 0 Å². The molecule has 5 fully saturated rings. The zero-order valence-corrected chi connectivity index (χ0v) is 19.5. The Labute approximate surface area is 179 Å².